The lowest BCUT2D eigenvalue weighted by Gasteiger charge is -2.47. The lowest BCUT2D eigenvalue weighted by molar-refractivity contribution is -0.176. The van der Waals surface area contributed by atoms with E-state index < -0.39 is 0 Å². The van der Waals surface area contributed by atoms with E-state index in [2.05, 4.69) is 25.7 Å². The van der Waals surface area contributed by atoms with Crippen LogP contribution in [0.4, 0.5) is 5.69 Å². The number of piperidine rings is 1. The van der Waals surface area contributed by atoms with Crippen LogP contribution in [0.2, 0.25) is 5.02 Å². The zero-order chi connectivity index (χ0) is 24.6. The number of hydrogen-bond donors (Lipinski definition) is 2. The third-order valence-corrected chi connectivity index (χ3v) is 6.78. The van der Waals surface area contributed by atoms with Crippen LogP contribution in [0.1, 0.15) is 43.5 Å². The molecule has 2 fully saturated rings. The Morgan fingerprint density at radius 1 is 1.17 bits per heavy atom. The molecular weight excluding hydrogens is 470 g/mol. The molecular formula is C24H28ClN7O3. The van der Waals surface area contributed by atoms with Gasteiger partial charge < -0.3 is 20.3 Å². The smallest absolute Gasteiger partial charge is 0.255 e. The van der Waals surface area contributed by atoms with Gasteiger partial charge >= 0.3 is 0 Å². The Kier molecular flexibility index (Phi) is 6.33. The predicted molar refractivity (Wildman–Crippen MR) is 131 cm³/mol. The average molecular weight is 498 g/mol. The van der Waals surface area contributed by atoms with E-state index in [0.717, 1.165) is 25.9 Å². The number of carbonyl (C=O) groups excluding carboxylic acids is 2. The molecule has 0 bridgehead atoms. The van der Waals surface area contributed by atoms with Gasteiger partial charge in [0.25, 0.3) is 5.91 Å². The van der Waals surface area contributed by atoms with E-state index in [0.29, 0.717) is 46.3 Å². The standard InChI is InChI=1S/C24H28ClN7O3/c1-15(2)30-20-9-19(17-12-29-32-14-16(25)10-27-22(17)32)26-11-18(20)23(34)28-13-21(33)31-6-3-24(4-7-31)5-8-35-24/h9-12,14-15H,3-8,13H2,1-2H3,(H,26,30)(H,28,34). The van der Waals surface area contributed by atoms with Gasteiger partial charge in [0.05, 0.1) is 58.7 Å². The molecule has 0 saturated carbocycles. The Bertz CT molecular complexity index is 1260. The number of pyridine rings is 1. The molecule has 1 spiro atoms. The summed E-state index contributed by atoms with van der Waals surface area (Å²) in [7, 11) is 0. The molecule has 11 heteroatoms. The van der Waals surface area contributed by atoms with Crippen molar-refractivity contribution in [1.29, 1.82) is 0 Å². The molecule has 3 aromatic heterocycles. The van der Waals surface area contributed by atoms with Gasteiger partial charge in [-0.25, -0.2) is 9.50 Å². The summed E-state index contributed by atoms with van der Waals surface area (Å²) in [4.78, 5) is 36.3. The fourth-order valence-corrected chi connectivity index (χ4v) is 4.70. The molecule has 0 aromatic carbocycles. The third kappa shape index (κ3) is 4.81. The quantitative estimate of drug-likeness (QED) is 0.538. The Hall–Kier alpha value is -3.24. The molecule has 5 rings (SSSR count). The molecule has 2 N–H and O–H groups in total. The van der Waals surface area contributed by atoms with E-state index in [1.165, 1.54) is 6.20 Å². The first-order chi connectivity index (χ1) is 16.8. The molecule has 3 aromatic rings. The largest absolute Gasteiger partial charge is 0.382 e. The van der Waals surface area contributed by atoms with Gasteiger partial charge in [0.2, 0.25) is 5.91 Å². The molecule has 2 aliphatic heterocycles. The lowest BCUT2D eigenvalue weighted by atomic mass is 9.84. The van der Waals surface area contributed by atoms with E-state index in [-0.39, 0.29) is 30.0 Å². The van der Waals surface area contributed by atoms with Gasteiger partial charge in [-0.3, -0.25) is 14.6 Å². The van der Waals surface area contributed by atoms with Crippen LogP contribution in [-0.4, -0.2) is 74.2 Å². The second-order valence-electron chi connectivity index (χ2n) is 9.36. The van der Waals surface area contributed by atoms with E-state index >= 15 is 0 Å². The SMILES string of the molecule is CC(C)Nc1cc(-c2cnn3cc(Cl)cnc23)ncc1C(=O)NCC(=O)N1CCC2(CCO2)CC1. The summed E-state index contributed by atoms with van der Waals surface area (Å²) >= 11 is 6.01. The van der Waals surface area contributed by atoms with Crippen LogP contribution >= 0.6 is 11.6 Å². The van der Waals surface area contributed by atoms with Crippen LogP contribution in [0.3, 0.4) is 0 Å². The first kappa shape index (κ1) is 23.5. The van der Waals surface area contributed by atoms with Crippen LogP contribution < -0.4 is 10.6 Å². The molecule has 0 atom stereocenters. The summed E-state index contributed by atoms with van der Waals surface area (Å²) in [6.07, 6.45) is 9.17. The number of carbonyl (C=O) groups is 2. The third-order valence-electron chi connectivity index (χ3n) is 6.59. The van der Waals surface area contributed by atoms with Crippen molar-refractivity contribution in [2.24, 2.45) is 0 Å². The highest BCUT2D eigenvalue weighted by molar-refractivity contribution is 6.30. The maximum atomic E-state index is 13.0. The predicted octanol–water partition coefficient (Wildman–Crippen LogP) is 2.78. The van der Waals surface area contributed by atoms with Crippen molar-refractivity contribution in [2.75, 3.05) is 31.6 Å². The highest BCUT2D eigenvalue weighted by Gasteiger charge is 2.41. The van der Waals surface area contributed by atoms with Crippen LogP contribution in [0.15, 0.2) is 30.9 Å². The van der Waals surface area contributed by atoms with Crippen LogP contribution in [-0.2, 0) is 9.53 Å². The zero-order valence-corrected chi connectivity index (χ0v) is 20.5. The van der Waals surface area contributed by atoms with Gasteiger partial charge in [-0.15, -0.1) is 0 Å². The Morgan fingerprint density at radius 2 is 1.94 bits per heavy atom. The molecule has 2 aliphatic rings. The Labute approximate surface area is 208 Å². The van der Waals surface area contributed by atoms with Crippen molar-refractivity contribution >= 4 is 34.7 Å². The monoisotopic (exact) mass is 497 g/mol. The number of hydrogen-bond acceptors (Lipinski definition) is 7. The summed E-state index contributed by atoms with van der Waals surface area (Å²) in [5, 5.41) is 10.8. The van der Waals surface area contributed by atoms with Crippen LogP contribution in [0, 0.1) is 0 Å². The van der Waals surface area contributed by atoms with Crippen molar-refractivity contribution in [2.45, 2.75) is 44.8 Å². The summed E-state index contributed by atoms with van der Waals surface area (Å²) in [5.74, 6) is -0.451. The normalized spacial score (nSPS) is 17.0. The average Bonchev–Trinajstić information content (AvgIpc) is 3.24. The Balaban J connectivity index is 1.30. The molecule has 0 radical (unpaired) electrons. The first-order valence-corrected chi connectivity index (χ1v) is 12.2. The van der Waals surface area contributed by atoms with Crippen LogP contribution in [0.5, 0.6) is 0 Å². The molecule has 2 amide bonds. The van der Waals surface area contributed by atoms with Gasteiger partial charge in [-0.1, -0.05) is 11.6 Å². The number of nitrogens with zero attached hydrogens (tertiary/aromatic N) is 5. The number of ether oxygens (including phenoxy) is 1. The minimum Gasteiger partial charge on any atom is -0.382 e. The number of anilines is 1. The van der Waals surface area contributed by atoms with Gasteiger partial charge in [0, 0.05) is 31.5 Å². The summed E-state index contributed by atoms with van der Waals surface area (Å²) in [5.41, 5.74) is 2.90. The fraction of sp³-hybridized carbons (Fsp3) is 0.458. The van der Waals surface area contributed by atoms with E-state index in [4.69, 9.17) is 16.3 Å². The van der Waals surface area contributed by atoms with Crippen molar-refractivity contribution in [3.8, 4) is 11.3 Å². The fourth-order valence-electron chi connectivity index (χ4n) is 4.56. The number of fused-ring (bicyclic) bond motifs is 1. The maximum Gasteiger partial charge on any atom is 0.255 e. The summed E-state index contributed by atoms with van der Waals surface area (Å²) in [6, 6.07) is 1.88. The number of nitrogens with one attached hydrogen (secondary N) is 2. The van der Waals surface area contributed by atoms with E-state index in [1.807, 2.05) is 13.8 Å². The van der Waals surface area contributed by atoms with Crippen molar-refractivity contribution in [3.63, 3.8) is 0 Å². The molecule has 2 saturated heterocycles. The second kappa shape index (κ2) is 9.43. The van der Waals surface area contributed by atoms with Crippen molar-refractivity contribution in [1.82, 2.24) is 29.8 Å². The molecule has 0 aliphatic carbocycles. The topological polar surface area (TPSA) is 114 Å². The van der Waals surface area contributed by atoms with Gasteiger partial charge in [0.15, 0.2) is 5.65 Å². The molecule has 35 heavy (non-hydrogen) atoms. The number of likely N-dealkylation sites (tertiary alicyclic amines) is 1. The van der Waals surface area contributed by atoms with Crippen molar-refractivity contribution < 1.29 is 14.3 Å². The minimum atomic E-state index is -0.360. The molecule has 184 valence electrons. The van der Waals surface area contributed by atoms with E-state index in [9.17, 15) is 9.59 Å². The van der Waals surface area contributed by atoms with E-state index in [1.54, 1.807) is 34.1 Å². The molecule has 0 unspecified atom stereocenters. The number of rotatable bonds is 6. The first-order valence-electron chi connectivity index (χ1n) is 11.8. The maximum absolute atomic E-state index is 13.0. The molecule has 5 heterocycles. The van der Waals surface area contributed by atoms with Gasteiger partial charge in [0.1, 0.15) is 0 Å². The Morgan fingerprint density at radius 3 is 2.63 bits per heavy atom. The number of halogens is 1. The van der Waals surface area contributed by atoms with Gasteiger partial charge in [-0.2, -0.15) is 5.10 Å². The lowest BCUT2D eigenvalue weighted by Crippen LogP contribution is -2.54. The summed E-state index contributed by atoms with van der Waals surface area (Å²) < 4.78 is 7.30. The van der Waals surface area contributed by atoms with Gasteiger partial charge in [-0.05, 0) is 39.2 Å². The number of aromatic nitrogens is 4. The highest BCUT2D eigenvalue weighted by Crippen LogP contribution is 2.36. The van der Waals surface area contributed by atoms with Crippen LogP contribution in [0.25, 0.3) is 16.9 Å². The molecule has 10 nitrogen and oxygen atoms in total. The summed E-state index contributed by atoms with van der Waals surface area (Å²) in [6.45, 7) is 6.03. The minimum absolute atomic E-state index is 0.0201. The van der Waals surface area contributed by atoms with Crippen molar-refractivity contribution in [3.05, 3.63) is 41.4 Å². The highest BCUT2D eigenvalue weighted by atomic mass is 35.5. The second-order valence-corrected chi connectivity index (χ2v) is 9.79. The zero-order valence-electron chi connectivity index (χ0n) is 19.8. The number of amides is 2.